The first-order valence-corrected chi connectivity index (χ1v) is 5.17. The molecule has 1 atom stereocenters. The molecule has 0 heterocycles. The van der Waals surface area contributed by atoms with Crippen molar-refractivity contribution in [3.05, 3.63) is 33.3 Å². The highest BCUT2D eigenvalue weighted by molar-refractivity contribution is 6.30. The van der Waals surface area contributed by atoms with E-state index in [-0.39, 0.29) is 17.5 Å². The number of benzene rings is 1. The molecule has 88 valence electrons. The number of nitrogens with zero attached hydrogens (tertiary/aromatic N) is 1. The molecule has 0 bridgehead atoms. The Kier molecular flexibility index (Phi) is 4.52. The zero-order valence-electron chi connectivity index (χ0n) is 9.07. The van der Waals surface area contributed by atoms with Gasteiger partial charge in [-0.1, -0.05) is 11.6 Å². The van der Waals surface area contributed by atoms with Gasteiger partial charge in [0.1, 0.15) is 6.10 Å². The minimum Gasteiger partial charge on any atom is -0.482 e. The second-order valence-corrected chi connectivity index (χ2v) is 3.79. The fourth-order valence-corrected chi connectivity index (χ4v) is 1.44. The number of likely N-dealkylation sites (N-methyl/N-ethyl adjacent to an activating group) is 1. The highest BCUT2D eigenvalue weighted by atomic mass is 35.5. The van der Waals surface area contributed by atoms with Gasteiger partial charge in [-0.25, -0.2) is 0 Å². The van der Waals surface area contributed by atoms with Gasteiger partial charge in [-0.2, -0.15) is 0 Å². The molecule has 1 rings (SSSR count). The molecule has 0 spiro atoms. The number of rotatable bonds is 5. The second kappa shape index (κ2) is 5.67. The van der Waals surface area contributed by atoms with Gasteiger partial charge >= 0.3 is 5.69 Å². The van der Waals surface area contributed by atoms with Crippen molar-refractivity contribution in [1.82, 2.24) is 5.32 Å². The number of nitro groups is 1. The highest BCUT2D eigenvalue weighted by Crippen LogP contribution is 2.30. The van der Waals surface area contributed by atoms with Crippen LogP contribution in [-0.2, 0) is 0 Å². The van der Waals surface area contributed by atoms with Crippen LogP contribution in [0, 0.1) is 10.1 Å². The molecule has 0 aliphatic heterocycles. The highest BCUT2D eigenvalue weighted by Gasteiger charge is 2.17. The number of nitrogens with one attached hydrogen (secondary N) is 1. The average Bonchev–Trinajstić information content (AvgIpc) is 2.17. The summed E-state index contributed by atoms with van der Waals surface area (Å²) < 4.78 is 5.44. The molecule has 0 saturated heterocycles. The summed E-state index contributed by atoms with van der Waals surface area (Å²) in [5, 5.41) is 14.1. The molecule has 1 N–H and O–H groups in total. The van der Waals surface area contributed by atoms with Crippen molar-refractivity contribution in [2.45, 2.75) is 13.0 Å². The average molecular weight is 245 g/mol. The van der Waals surface area contributed by atoms with Gasteiger partial charge in [0.25, 0.3) is 0 Å². The van der Waals surface area contributed by atoms with E-state index in [9.17, 15) is 10.1 Å². The van der Waals surface area contributed by atoms with Gasteiger partial charge in [0, 0.05) is 23.7 Å². The summed E-state index contributed by atoms with van der Waals surface area (Å²) in [5.41, 5.74) is -0.0765. The number of ether oxygens (including phenoxy) is 1. The summed E-state index contributed by atoms with van der Waals surface area (Å²) in [5.74, 6) is 0.195. The van der Waals surface area contributed by atoms with E-state index < -0.39 is 4.92 Å². The Morgan fingerprint density at radius 2 is 2.31 bits per heavy atom. The molecular formula is C10H13ClN2O3. The van der Waals surface area contributed by atoms with Crippen molar-refractivity contribution in [1.29, 1.82) is 0 Å². The van der Waals surface area contributed by atoms with Crippen LogP contribution in [0.15, 0.2) is 18.2 Å². The Hall–Kier alpha value is -1.33. The maximum absolute atomic E-state index is 10.7. The molecule has 1 unspecified atom stereocenters. The maximum atomic E-state index is 10.7. The van der Waals surface area contributed by atoms with Crippen LogP contribution < -0.4 is 10.1 Å². The number of halogens is 1. The Morgan fingerprint density at radius 1 is 1.62 bits per heavy atom. The number of nitro benzene ring substituents is 1. The molecule has 0 amide bonds. The van der Waals surface area contributed by atoms with E-state index in [1.165, 1.54) is 18.2 Å². The predicted molar refractivity (Wildman–Crippen MR) is 62.1 cm³/mol. The summed E-state index contributed by atoms with van der Waals surface area (Å²) >= 11 is 5.76. The van der Waals surface area contributed by atoms with E-state index in [4.69, 9.17) is 16.3 Å². The number of hydrogen-bond donors (Lipinski definition) is 1. The summed E-state index contributed by atoms with van der Waals surface area (Å²) in [6.07, 6.45) is -0.165. The first-order valence-electron chi connectivity index (χ1n) is 4.79. The van der Waals surface area contributed by atoms with Gasteiger partial charge in [-0.15, -0.1) is 0 Å². The zero-order chi connectivity index (χ0) is 12.1. The maximum Gasteiger partial charge on any atom is 0.311 e. The lowest BCUT2D eigenvalue weighted by molar-refractivity contribution is -0.386. The molecule has 1 aromatic carbocycles. The van der Waals surface area contributed by atoms with Crippen molar-refractivity contribution < 1.29 is 9.66 Å². The van der Waals surface area contributed by atoms with Gasteiger partial charge < -0.3 is 10.1 Å². The van der Waals surface area contributed by atoms with Crippen LogP contribution in [0.3, 0.4) is 0 Å². The minimum atomic E-state index is -0.488. The molecular weight excluding hydrogens is 232 g/mol. The van der Waals surface area contributed by atoms with Gasteiger partial charge in [-0.05, 0) is 20.0 Å². The minimum absolute atomic E-state index is 0.0765. The van der Waals surface area contributed by atoms with Gasteiger partial charge in [0.2, 0.25) is 0 Å². The molecule has 0 saturated carbocycles. The molecule has 0 aliphatic carbocycles. The standard InChI is InChI=1S/C10H13ClN2O3/c1-7(6-12-2)16-10-5-8(11)3-4-9(10)13(14)15/h3-5,7,12H,6H2,1-2H3. The lowest BCUT2D eigenvalue weighted by atomic mass is 10.3. The van der Waals surface area contributed by atoms with E-state index in [0.717, 1.165) is 0 Å². The van der Waals surface area contributed by atoms with Crippen LogP contribution in [0.4, 0.5) is 5.69 Å². The fourth-order valence-electron chi connectivity index (χ4n) is 1.28. The van der Waals surface area contributed by atoms with Crippen molar-refractivity contribution in [3.8, 4) is 5.75 Å². The molecule has 6 heteroatoms. The molecule has 1 aromatic rings. The van der Waals surface area contributed by atoms with E-state index in [1.54, 1.807) is 7.05 Å². The largest absolute Gasteiger partial charge is 0.482 e. The summed E-state index contributed by atoms with van der Waals surface area (Å²) in [6, 6.07) is 4.25. The Bertz CT molecular complexity index is 384. The third-order valence-corrected chi connectivity index (χ3v) is 2.17. The van der Waals surface area contributed by atoms with Gasteiger partial charge in [0.05, 0.1) is 4.92 Å². The Balaban J connectivity index is 2.92. The molecule has 5 nitrogen and oxygen atoms in total. The van der Waals surface area contributed by atoms with E-state index in [2.05, 4.69) is 5.32 Å². The fraction of sp³-hybridized carbons (Fsp3) is 0.400. The summed E-state index contributed by atoms with van der Waals surface area (Å²) in [7, 11) is 1.78. The Labute approximate surface area is 98.5 Å². The summed E-state index contributed by atoms with van der Waals surface area (Å²) in [4.78, 5) is 10.3. The SMILES string of the molecule is CNCC(C)Oc1cc(Cl)ccc1[N+](=O)[O-]. The van der Waals surface area contributed by atoms with Gasteiger partial charge in [-0.3, -0.25) is 10.1 Å². The number of hydrogen-bond acceptors (Lipinski definition) is 4. The van der Waals surface area contributed by atoms with E-state index in [1.807, 2.05) is 6.92 Å². The first-order chi connectivity index (χ1) is 7.54. The monoisotopic (exact) mass is 244 g/mol. The lowest BCUT2D eigenvalue weighted by Gasteiger charge is -2.14. The van der Waals surface area contributed by atoms with E-state index in [0.29, 0.717) is 11.6 Å². The van der Waals surface area contributed by atoms with Gasteiger partial charge in [0.15, 0.2) is 5.75 Å². The quantitative estimate of drug-likeness (QED) is 0.637. The zero-order valence-corrected chi connectivity index (χ0v) is 9.82. The van der Waals surface area contributed by atoms with Crippen molar-refractivity contribution in [2.24, 2.45) is 0 Å². The van der Waals surface area contributed by atoms with Crippen LogP contribution in [0.1, 0.15) is 6.92 Å². The molecule has 0 fully saturated rings. The van der Waals surface area contributed by atoms with Crippen LogP contribution >= 0.6 is 11.6 Å². The van der Waals surface area contributed by atoms with Crippen LogP contribution in [0.2, 0.25) is 5.02 Å². The molecule has 0 aromatic heterocycles. The Morgan fingerprint density at radius 3 is 2.88 bits per heavy atom. The molecule has 0 aliphatic rings. The third kappa shape index (κ3) is 3.36. The van der Waals surface area contributed by atoms with Crippen molar-refractivity contribution in [2.75, 3.05) is 13.6 Å². The topological polar surface area (TPSA) is 64.4 Å². The second-order valence-electron chi connectivity index (χ2n) is 3.36. The third-order valence-electron chi connectivity index (χ3n) is 1.94. The normalized spacial score (nSPS) is 12.2. The molecule has 16 heavy (non-hydrogen) atoms. The van der Waals surface area contributed by atoms with E-state index >= 15 is 0 Å². The molecule has 0 radical (unpaired) electrons. The van der Waals surface area contributed by atoms with Crippen LogP contribution in [0.25, 0.3) is 0 Å². The first kappa shape index (κ1) is 12.7. The van der Waals surface area contributed by atoms with Crippen molar-refractivity contribution >= 4 is 17.3 Å². The van der Waals surface area contributed by atoms with Crippen molar-refractivity contribution in [3.63, 3.8) is 0 Å². The smallest absolute Gasteiger partial charge is 0.311 e. The summed E-state index contributed by atoms with van der Waals surface area (Å²) in [6.45, 7) is 2.42. The lowest BCUT2D eigenvalue weighted by Crippen LogP contribution is -2.26. The predicted octanol–water partition coefficient (Wildman–Crippen LogP) is 2.23. The van der Waals surface area contributed by atoms with Crippen LogP contribution in [-0.4, -0.2) is 24.6 Å². The van der Waals surface area contributed by atoms with Crippen LogP contribution in [0.5, 0.6) is 5.75 Å².